The first kappa shape index (κ1) is 22.8. The minimum Gasteiger partial charge on any atom is -0.360 e. The summed E-state index contributed by atoms with van der Waals surface area (Å²) < 4.78 is 46.2. The van der Waals surface area contributed by atoms with Crippen LogP contribution in [0.2, 0.25) is 0 Å². The molecule has 166 valence electrons. The predicted molar refractivity (Wildman–Crippen MR) is 108 cm³/mol. The second-order valence-electron chi connectivity index (χ2n) is 6.95. The maximum Gasteiger partial charge on any atom is 0.309 e. The molecule has 1 fully saturated rings. The van der Waals surface area contributed by atoms with Crippen LogP contribution in [-0.2, 0) is 30.9 Å². The van der Waals surface area contributed by atoms with Gasteiger partial charge in [0.05, 0.1) is 18.0 Å². The van der Waals surface area contributed by atoms with Gasteiger partial charge in [0, 0.05) is 25.5 Å². The van der Waals surface area contributed by atoms with Crippen LogP contribution in [0.1, 0.15) is 17.5 Å². The highest BCUT2D eigenvalue weighted by Gasteiger charge is 2.35. The molecule has 9 nitrogen and oxygen atoms in total. The molecule has 1 aromatic heterocycles. The number of hydrogen-bond acceptors (Lipinski definition) is 6. The number of hydrogen-bond donors (Lipinski definition) is 2. The fourth-order valence-corrected chi connectivity index (χ4v) is 4.93. The topological polar surface area (TPSA) is 118 Å². The number of nitrogens with zero attached hydrogens (tertiary/aromatic N) is 2. The molecule has 2 heterocycles. The second-order valence-corrected chi connectivity index (χ2v) is 8.81. The van der Waals surface area contributed by atoms with Gasteiger partial charge in [-0.25, -0.2) is 12.8 Å². The van der Waals surface area contributed by atoms with E-state index in [4.69, 9.17) is 4.74 Å². The maximum absolute atomic E-state index is 13.4. The number of aryl methyl sites for hydroxylation is 1. The summed E-state index contributed by atoms with van der Waals surface area (Å²) in [6.07, 6.45) is 2.62. The van der Waals surface area contributed by atoms with E-state index < -0.39 is 33.9 Å². The Morgan fingerprint density at radius 1 is 1.19 bits per heavy atom. The minimum atomic E-state index is -3.99. The van der Waals surface area contributed by atoms with E-state index in [-0.39, 0.29) is 30.1 Å². The molecule has 0 saturated carbocycles. The zero-order chi connectivity index (χ0) is 22.4. The van der Waals surface area contributed by atoms with Crippen molar-refractivity contribution in [2.45, 2.75) is 31.0 Å². The number of amides is 2. The SMILES string of the molecule is Cc1cc(F)ccc1S(=O)(=O)N1CCCO[C@@H]1CNC(=O)C(=O)NCc1ccncc1. The summed E-state index contributed by atoms with van der Waals surface area (Å²) in [6, 6.07) is 6.83. The van der Waals surface area contributed by atoms with Crippen LogP contribution in [0.5, 0.6) is 0 Å². The first-order valence-electron chi connectivity index (χ1n) is 9.63. The molecule has 31 heavy (non-hydrogen) atoms. The molecule has 1 saturated heterocycles. The lowest BCUT2D eigenvalue weighted by molar-refractivity contribution is -0.140. The standard InChI is InChI=1S/C20H23FN4O5S/c1-14-11-16(21)3-4-17(14)31(28,29)25-9-2-10-30-18(25)13-24-20(27)19(26)23-12-15-5-7-22-8-6-15/h3-8,11,18H,2,9-10,12-13H2,1H3,(H,23,26)(H,24,27)/t18-/m1/s1. The largest absolute Gasteiger partial charge is 0.360 e. The Balaban J connectivity index is 1.62. The molecule has 2 aromatic rings. The van der Waals surface area contributed by atoms with Crippen molar-refractivity contribution in [1.82, 2.24) is 19.9 Å². The molecular weight excluding hydrogens is 427 g/mol. The Hall–Kier alpha value is -2.89. The zero-order valence-corrected chi connectivity index (χ0v) is 17.7. The molecular formula is C20H23FN4O5S. The summed E-state index contributed by atoms with van der Waals surface area (Å²) in [5.41, 5.74) is 1.04. The number of halogens is 1. The van der Waals surface area contributed by atoms with Crippen molar-refractivity contribution < 1.29 is 27.1 Å². The van der Waals surface area contributed by atoms with Gasteiger partial charge in [0.25, 0.3) is 0 Å². The molecule has 0 bridgehead atoms. The van der Waals surface area contributed by atoms with Gasteiger partial charge in [-0.1, -0.05) is 0 Å². The van der Waals surface area contributed by atoms with Crippen LogP contribution in [0.4, 0.5) is 4.39 Å². The molecule has 2 amide bonds. The van der Waals surface area contributed by atoms with Crippen molar-refractivity contribution >= 4 is 21.8 Å². The van der Waals surface area contributed by atoms with Gasteiger partial charge in [-0.3, -0.25) is 14.6 Å². The summed E-state index contributed by atoms with van der Waals surface area (Å²) in [7, 11) is -3.99. The van der Waals surface area contributed by atoms with Crippen LogP contribution >= 0.6 is 0 Å². The number of aromatic nitrogens is 1. The number of carbonyl (C=O) groups excluding carboxylic acids is 2. The average molecular weight is 450 g/mol. The Morgan fingerprint density at radius 3 is 2.61 bits per heavy atom. The average Bonchev–Trinajstić information content (AvgIpc) is 2.76. The number of pyridine rings is 1. The van der Waals surface area contributed by atoms with Crippen LogP contribution < -0.4 is 10.6 Å². The van der Waals surface area contributed by atoms with Gasteiger partial charge >= 0.3 is 11.8 Å². The number of ether oxygens (including phenoxy) is 1. The molecule has 0 unspecified atom stereocenters. The Bertz CT molecular complexity index is 1050. The second kappa shape index (κ2) is 9.94. The highest BCUT2D eigenvalue weighted by atomic mass is 32.2. The van der Waals surface area contributed by atoms with E-state index in [0.717, 1.165) is 22.0 Å². The van der Waals surface area contributed by atoms with Crippen LogP contribution in [0.25, 0.3) is 0 Å². The van der Waals surface area contributed by atoms with Crippen molar-refractivity contribution in [3.05, 3.63) is 59.7 Å². The number of rotatable bonds is 6. The molecule has 0 radical (unpaired) electrons. The van der Waals surface area contributed by atoms with Gasteiger partial charge in [0.1, 0.15) is 12.0 Å². The van der Waals surface area contributed by atoms with Crippen molar-refractivity contribution in [2.24, 2.45) is 0 Å². The van der Waals surface area contributed by atoms with Gasteiger partial charge in [-0.05, 0) is 54.8 Å². The summed E-state index contributed by atoms with van der Waals surface area (Å²) in [5.74, 6) is -2.29. The quantitative estimate of drug-likeness (QED) is 0.626. The summed E-state index contributed by atoms with van der Waals surface area (Å²) in [6.45, 7) is 1.93. The molecule has 3 rings (SSSR count). The fraction of sp³-hybridized carbons (Fsp3) is 0.350. The van der Waals surface area contributed by atoms with E-state index in [9.17, 15) is 22.4 Å². The lowest BCUT2D eigenvalue weighted by Crippen LogP contribution is -2.53. The van der Waals surface area contributed by atoms with Gasteiger partial charge in [0.15, 0.2) is 0 Å². The van der Waals surface area contributed by atoms with E-state index in [1.54, 1.807) is 24.5 Å². The molecule has 0 aliphatic carbocycles. The third kappa shape index (κ3) is 5.63. The highest BCUT2D eigenvalue weighted by molar-refractivity contribution is 7.89. The number of carbonyl (C=O) groups is 2. The minimum absolute atomic E-state index is 0.0363. The van der Waals surface area contributed by atoms with Crippen LogP contribution in [-0.4, -0.2) is 55.4 Å². The molecule has 2 N–H and O–H groups in total. The van der Waals surface area contributed by atoms with Crippen LogP contribution in [0.15, 0.2) is 47.6 Å². The first-order valence-corrected chi connectivity index (χ1v) is 11.1. The van der Waals surface area contributed by atoms with Gasteiger partial charge in [-0.15, -0.1) is 0 Å². The van der Waals surface area contributed by atoms with Crippen molar-refractivity contribution in [1.29, 1.82) is 0 Å². The Labute approximate surface area is 179 Å². The molecule has 1 atom stereocenters. The first-order chi connectivity index (χ1) is 14.8. The predicted octanol–water partition coefficient (Wildman–Crippen LogP) is 0.699. The summed E-state index contributed by atoms with van der Waals surface area (Å²) >= 11 is 0. The Morgan fingerprint density at radius 2 is 1.90 bits per heavy atom. The van der Waals surface area contributed by atoms with Gasteiger partial charge in [-0.2, -0.15) is 4.31 Å². The molecule has 1 aliphatic rings. The zero-order valence-electron chi connectivity index (χ0n) is 16.9. The fourth-order valence-electron chi connectivity index (χ4n) is 3.15. The number of nitrogens with one attached hydrogen (secondary N) is 2. The van der Waals surface area contributed by atoms with E-state index in [0.29, 0.717) is 13.0 Å². The molecule has 0 spiro atoms. The van der Waals surface area contributed by atoms with E-state index in [1.165, 1.54) is 13.0 Å². The van der Waals surface area contributed by atoms with Gasteiger partial charge < -0.3 is 15.4 Å². The smallest absolute Gasteiger partial charge is 0.309 e. The van der Waals surface area contributed by atoms with E-state index >= 15 is 0 Å². The summed E-state index contributed by atoms with van der Waals surface area (Å²) in [4.78, 5) is 28.0. The number of sulfonamides is 1. The van der Waals surface area contributed by atoms with Crippen LogP contribution in [0, 0.1) is 12.7 Å². The van der Waals surface area contributed by atoms with E-state index in [2.05, 4.69) is 15.6 Å². The van der Waals surface area contributed by atoms with Crippen molar-refractivity contribution in [3.8, 4) is 0 Å². The third-order valence-electron chi connectivity index (χ3n) is 4.72. The van der Waals surface area contributed by atoms with Crippen molar-refractivity contribution in [2.75, 3.05) is 19.7 Å². The van der Waals surface area contributed by atoms with Gasteiger partial charge in [0.2, 0.25) is 10.0 Å². The maximum atomic E-state index is 13.4. The van der Waals surface area contributed by atoms with E-state index in [1.807, 2.05) is 0 Å². The van der Waals surface area contributed by atoms with Crippen LogP contribution in [0.3, 0.4) is 0 Å². The lowest BCUT2D eigenvalue weighted by atomic mass is 10.2. The van der Waals surface area contributed by atoms with Crippen molar-refractivity contribution in [3.63, 3.8) is 0 Å². The Kier molecular flexibility index (Phi) is 7.31. The number of benzene rings is 1. The molecule has 11 heteroatoms. The molecule has 1 aliphatic heterocycles. The third-order valence-corrected chi connectivity index (χ3v) is 6.77. The molecule has 1 aromatic carbocycles. The lowest BCUT2D eigenvalue weighted by Gasteiger charge is -2.34. The monoisotopic (exact) mass is 450 g/mol. The summed E-state index contributed by atoms with van der Waals surface area (Å²) in [5, 5.41) is 4.89. The highest BCUT2D eigenvalue weighted by Crippen LogP contribution is 2.25. The normalized spacial score (nSPS) is 17.2.